The lowest BCUT2D eigenvalue weighted by molar-refractivity contribution is -0.671. The lowest BCUT2D eigenvalue weighted by Crippen LogP contribution is -3.00. The number of aryl methyl sites for hydroxylation is 3. The topological polar surface area (TPSA) is 14.9 Å². The highest BCUT2D eigenvalue weighted by atomic mass is 19.0. The molecular weight excluding hydrogens is 329 g/mol. The molecule has 3 aromatic heterocycles. The predicted octanol–water partition coefficient (Wildman–Crippen LogP) is -7.36. The maximum Gasteiger partial charge on any atom is 0.170 e. The van der Waals surface area contributed by atoms with Crippen molar-refractivity contribution in [1.82, 2.24) is 0 Å². The molecule has 0 unspecified atom stereocenters. The van der Waals surface area contributed by atoms with Gasteiger partial charge in [-0.05, 0) is 0 Å². The number of rotatable bonds is 3. The van der Waals surface area contributed by atoms with Crippen LogP contribution in [0.2, 0.25) is 0 Å². The van der Waals surface area contributed by atoms with Crippen molar-refractivity contribution in [3.05, 3.63) is 73.6 Å². The SMILES string of the molecule is C[n+]1ccc(N(c2cc[n+](C)cc2)c2cc[n+](C)cc2)cc1.[F-].[F-].[F-]. The summed E-state index contributed by atoms with van der Waals surface area (Å²) in [4.78, 5) is 2.25. The molecule has 0 aliphatic rings. The minimum Gasteiger partial charge on any atom is -1.00 e. The molecule has 0 atom stereocenters. The van der Waals surface area contributed by atoms with E-state index in [2.05, 4.69) is 78.5 Å². The summed E-state index contributed by atoms with van der Waals surface area (Å²) in [7, 11) is 6.08. The molecule has 0 aromatic carbocycles. The van der Waals surface area contributed by atoms with Gasteiger partial charge >= 0.3 is 0 Å². The maximum absolute atomic E-state index is 2.25. The molecule has 3 rings (SSSR count). The third kappa shape index (κ3) is 5.00. The van der Waals surface area contributed by atoms with Crippen LogP contribution in [-0.4, -0.2) is 0 Å². The Bertz CT molecular complexity index is 652. The van der Waals surface area contributed by atoms with Crippen LogP contribution in [0.1, 0.15) is 0 Å². The van der Waals surface area contributed by atoms with E-state index in [1.807, 2.05) is 34.8 Å². The monoisotopic (exact) mass is 350 g/mol. The Morgan fingerprint density at radius 1 is 0.480 bits per heavy atom. The summed E-state index contributed by atoms with van der Waals surface area (Å²) in [6, 6.07) is 12.8. The molecule has 7 heteroatoms. The number of pyridine rings is 3. The standard InChI is InChI=1S/C18H21N4.3FH/c1-19-10-4-16(5-11-19)22(17-6-12-20(2)13-7-17)18-8-14-21(3)15-9-18;;;/h4-15H,1-3H3;3*1H/q+3;;;/p-3. The Balaban J connectivity index is 0.00000192. The van der Waals surface area contributed by atoms with E-state index in [0.29, 0.717) is 0 Å². The highest BCUT2D eigenvalue weighted by Crippen LogP contribution is 2.32. The molecular formula is C18H21F3N4. The predicted molar refractivity (Wildman–Crippen MR) is 84.7 cm³/mol. The molecule has 0 bridgehead atoms. The van der Waals surface area contributed by atoms with Crippen molar-refractivity contribution >= 4 is 17.1 Å². The Kier molecular flexibility index (Phi) is 8.25. The Morgan fingerprint density at radius 3 is 0.880 bits per heavy atom. The van der Waals surface area contributed by atoms with Gasteiger partial charge < -0.3 is 19.0 Å². The molecule has 0 spiro atoms. The maximum atomic E-state index is 2.25. The molecule has 0 aliphatic carbocycles. The fraction of sp³-hybridized carbons (Fsp3) is 0.167. The first-order valence-corrected chi connectivity index (χ1v) is 7.29. The molecule has 134 valence electrons. The number of hydrogen-bond acceptors (Lipinski definition) is 1. The molecule has 3 heterocycles. The largest absolute Gasteiger partial charge is 1.00 e. The Morgan fingerprint density at radius 2 is 0.680 bits per heavy atom. The van der Waals surface area contributed by atoms with Gasteiger partial charge in [-0.2, -0.15) is 0 Å². The van der Waals surface area contributed by atoms with E-state index in [9.17, 15) is 0 Å². The first kappa shape index (κ1) is 22.0. The van der Waals surface area contributed by atoms with E-state index in [1.165, 1.54) is 0 Å². The van der Waals surface area contributed by atoms with Crippen molar-refractivity contribution in [2.75, 3.05) is 4.90 Å². The number of hydrogen-bond donors (Lipinski definition) is 0. The summed E-state index contributed by atoms with van der Waals surface area (Å²) in [6.07, 6.45) is 12.4. The molecule has 0 aliphatic heterocycles. The fourth-order valence-corrected chi connectivity index (χ4v) is 2.37. The van der Waals surface area contributed by atoms with E-state index in [-0.39, 0.29) is 14.1 Å². The Labute approximate surface area is 145 Å². The number of anilines is 3. The van der Waals surface area contributed by atoms with Crippen molar-refractivity contribution in [3.63, 3.8) is 0 Å². The van der Waals surface area contributed by atoms with E-state index in [4.69, 9.17) is 0 Å². The summed E-state index contributed by atoms with van der Waals surface area (Å²) in [5, 5.41) is 0. The highest BCUT2D eigenvalue weighted by Gasteiger charge is 2.15. The molecule has 3 aromatic rings. The first-order valence-electron chi connectivity index (χ1n) is 7.29. The van der Waals surface area contributed by atoms with Crippen LogP contribution in [0.5, 0.6) is 0 Å². The summed E-state index contributed by atoms with van der Waals surface area (Å²) < 4.78 is 6.12. The molecule has 25 heavy (non-hydrogen) atoms. The third-order valence-corrected chi connectivity index (χ3v) is 3.66. The fourth-order valence-electron chi connectivity index (χ4n) is 2.37. The smallest absolute Gasteiger partial charge is 0.170 e. The second-order valence-electron chi connectivity index (χ2n) is 5.50. The summed E-state index contributed by atoms with van der Waals surface area (Å²) in [6.45, 7) is 0. The highest BCUT2D eigenvalue weighted by molar-refractivity contribution is 5.74. The second-order valence-corrected chi connectivity index (χ2v) is 5.50. The van der Waals surface area contributed by atoms with Gasteiger partial charge in [0.15, 0.2) is 37.2 Å². The molecule has 0 saturated carbocycles. The lowest BCUT2D eigenvalue weighted by atomic mass is 10.2. The van der Waals surface area contributed by atoms with Crippen LogP contribution in [0.25, 0.3) is 0 Å². The van der Waals surface area contributed by atoms with Gasteiger partial charge in [0.1, 0.15) is 21.1 Å². The van der Waals surface area contributed by atoms with Crippen molar-refractivity contribution in [3.8, 4) is 0 Å². The average molecular weight is 350 g/mol. The van der Waals surface area contributed by atoms with Gasteiger partial charge in [-0.25, -0.2) is 13.7 Å². The number of aromatic nitrogens is 3. The molecule has 0 amide bonds. The molecule has 0 radical (unpaired) electrons. The van der Waals surface area contributed by atoms with Crippen LogP contribution in [0.15, 0.2) is 73.6 Å². The minimum absolute atomic E-state index is 0. The number of halogens is 3. The van der Waals surface area contributed by atoms with Crippen molar-refractivity contribution in [2.24, 2.45) is 21.1 Å². The quantitative estimate of drug-likeness (QED) is 0.429. The van der Waals surface area contributed by atoms with E-state index in [1.54, 1.807) is 0 Å². The van der Waals surface area contributed by atoms with Crippen LogP contribution in [-0.2, 0) is 21.1 Å². The minimum atomic E-state index is 0. The van der Waals surface area contributed by atoms with Gasteiger partial charge in [-0.1, -0.05) is 0 Å². The van der Waals surface area contributed by atoms with Gasteiger partial charge in [0, 0.05) is 36.4 Å². The van der Waals surface area contributed by atoms with Crippen molar-refractivity contribution in [1.29, 1.82) is 0 Å². The Hall–Kier alpha value is -2.96. The zero-order chi connectivity index (χ0) is 15.5. The van der Waals surface area contributed by atoms with Crippen molar-refractivity contribution in [2.45, 2.75) is 0 Å². The van der Waals surface area contributed by atoms with Crippen LogP contribution in [0, 0.1) is 0 Å². The second kappa shape index (κ2) is 9.36. The molecule has 0 N–H and O–H groups in total. The zero-order valence-corrected chi connectivity index (χ0v) is 14.4. The number of nitrogens with zero attached hydrogens (tertiary/aromatic N) is 4. The third-order valence-electron chi connectivity index (χ3n) is 3.66. The van der Waals surface area contributed by atoms with Crippen LogP contribution < -0.4 is 32.7 Å². The lowest BCUT2D eigenvalue weighted by Gasteiger charge is -2.23. The van der Waals surface area contributed by atoms with Crippen molar-refractivity contribution < 1.29 is 27.8 Å². The van der Waals surface area contributed by atoms with Crippen LogP contribution in [0.3, 0.4) is 0 Å². The molecule has 0 fully saturated rings. The van der Waals surface area contributed by atoms with E-state index in [0.717, 1.165) is 17.1 Å². The van der Waals surface area contributed by atoms with Gasteiger partial charge in [-0.3, -0.25) is 0 Å². The first-order chi connectivity index (χ1) is 10.6. The summed E-state index contributed by atoms with van der Waals surface area (Å²) in [5.41, 5.74) is 3.42. The van der Waals surface area contributed by atoms with Crippen LogP contribution >= 0.6 is 0 Å². The average Bonchev–Trinajstić information content (AvgIpc) is 2.53. The van der Waals surface area contributed by atoms with Crippen LogP contribution in [0.4, 0.5) is 17.1 Å². The van der Waals surface area contributed by atoms with Gasteiger partial charge in [-0.15, -0.1) is 0 Å². The van der Waals surface area contributed by atoms with Gasteiger partial charge in [0.2, 0.25) is 0 Å². The van der Waals surface area contributed by atoms with Gasteiger partial charge in [0.05, 0.1) is 17.1 Å². The normalized spacial score (nSPS) is 9.24. The van der Waals surface area contributed by atoms with Gasteiger partial charge in [0.25, 0.3) is 0 Å². The molecule has 4 nitrogen and oxygen atoms in total. The van der Waals surface area contributed by atoms with E-state index < -0.39 is 0 Å². The summed E-state index contributed by atoms with van der Waals surface area (Å²) in [5.74, 6) is 0. The van der Waals surface area contributed by atoms with E-state index >= 15 is 0 Å². The zero-order valence-electron chi connectivity index (χ0n) is 14.4. The summed E-state index contributed by atoms with van der Waals surface area (Å²) >= 11 is 0. The molecule has 0 saturated heterocycles.